The highest BCUT2D eigenvalue weighted by Crippen LogP contribution is 2.55. The largest absolute Gasteiger partial charge is 0.463 e. The normalized spacial score (nSPS) is 17.2. The van der Waals surface area contributed by atoms with Crippen molar-refractivity contribution in [2.45, 2.75) is 157 Å². The molecule has 0 unspecified atom stereocenters. The average Bonchev–Trinajstić information content (AvgIpc) is 2.88. The van der Waals surface area contributed by atoms with E-state index in [2.05, 4.69) is 93.5 Å². The standard InChI is InChI=1S/C37H59O3P/c1-11-12-13-14-15-16-17-18-19-20-21-22-38-41-39-34-30(23-27(2)25-32(34)36(5,6)7)29(4)31-24-28(3)26-33(35(31)40-41)37(8,9)10/h23-26,29H,11-22H2,1-10H3. The maximum atomic E-state index is 6.80. The van der Waals surface area contributed by atoms with Crippen LogP contribution in [0.25, 0.3) is 0 Å². The zero-order valence-electron chi connectivity index (χ0n) is 28.0. The summed E-state index contributed by atoms with van der Waals surface area (Å²) in [6.07, 6.45) is 14.5. The molecular formula is C37H59O3P. The fourth-order valence-corrected chi connectivity index (χ4v) is 6.98. The van der Waals surface area contributed by atoms with Crippen LogP contribution in [-0.4, -0.2) is 6.61 Å². The van der Waals surface area contributed by atoms with Crippen molar-refractivity contribution < 1.29 is 13.6 Å². The van der Waals surface area contributed by atoms with Crippen LogP contribution in [-0.2, 0) is 15.4 Å². The highest BCUT2D eigenvalue weighted by atomic mass is 31.2. The number of rotatable bonds is 13. The van der Waals surface area contributed by atoms with Crippen LogP contribution in [0, 0.1) is 13.8 Å². The first-order valence-corrected chi connectivity index (χ1v) is 17.5. The van der Waals surface area contributed by atoms with Crippen molar-refractivity contribution in [1.29, 1.82) is 0 Å². The molecule has 2 aromatic rings. The second kappa shape index (κ2) is 15.2. The van der Waals surface area contributed by atoms with Gasteiger partial charge in [0, 0.05) is 28.2 Å². The van der Waals surface area contributed by atoms with Crippen molar-refractivity contribution >= 4 is 8.60 Å². The molecule has 0 N–H and O–H groups in total. The molecule has 1 aliphatic rings. The molecule has 41 heavy (non-hydrogen) atoms. The minimum Gasteiger partial charge on any atom is -0.417 e. The first kappa shape index (κ1) is 33.9. The van der Waals surface area contributed by atoms with Gasteiger partial charge in [-0.3, -0.25) is 4.52 Å². The smallest absolute Gasteiger partial charge is 0.417 e. The third-order valence-corrected chi connectivity index (χ3v) is 9.41. The minimum absolute atomic E-state index is 0.0575. The lowest BCUT2D eigenvalue weighted by Gasteiger charge is -2.34. The molecular weight excluding hydrogens is 523 g/mol. The summed E-state index contributed by atoms with van der Waals surface area (Å²) in [5.74, 6) is 2.04. The quantitative estimate of drug-likeness (QED) is 0.174. The monoisotopic (exact) mass is 582 g/mol. The second-order valence-electron chi connectivity index (χ2n) is 14.5. The van der Waals surface area contributed by atoms with Crippen LogP contribution in [0.1, 0.15) is 165 Å². The molecule has 0 fully saturated rings. The fourth-order valence-electron chi connectivity index (χ4n) is 5.86. The molecule has 4 heteroatoms. The Balaban J connectivity index is 1.78. The van der Waals surface area contributed by atoms with Crippen LogP contribution in [0.4, 0.5) is 0 Å². The molecule has 2 aromatic carbocycles. The lowest BCUT2D eigenvalue weighted by Crippen LogP contribution is -2.20. The summed E-state index contributed by atoms with van der Waals surface area (Å²) in [6, 6.07) is 9.17. The molecule has 0 atom stereocenters. The van der Waals surface area contributed by atoms with Crippen LogP contribution >= 0.6 is 8.60 Å². The second-order valence-corrected chi connectivity index (χ2v) is 15.5. The van der Waals surface area contributed by atoms with Gasteiger partial charge in [-0.2, -0.15) is 0 Å². The maximum Gasteiger partial charge on any atom is 0.463 e. The molecule has 3 nitrogen and oxygen atoms in total. The van der Waals surface area contributed by atoms with Crippen molar-refractivity contribution in [3.63, 3.8) is 0 Å². The number of hydrogen-bond acceptors (Lipinski definition) is 3. The third kappa shape index (κ3) is 9.72. The summed E-state index contributed by atoms with van der Waals surface area (Å²) >= 11 is 0. The summed E-state index contributed by atoms with van der Waals surface area (Å²) in [5.41, 5.74) is 7.33. The van der Waals surface area contributed by atoms with E-state index in [0.717, 1.165) is 17.9 Å². The van der Waals surface area contributed by atoms with Gasteiger partial charge in [0.25, 0.3) is 0 Å². The molecule has 0 aliphatic carbocycles. The SMILES string of the molecule is CCCCCCCCCCCCCOP1Oc2c(cc(C)cc2C(C)(C)C)C(C)c2cc(C)cc(C(C)(C)C)c2O1. The van der Waals surface area contributed by atoms with Crippen LogP contribution in [0.2, 0.25) is 0 Å². The van der Waals surface area contributed by atoms with E-state index in [1.54, 1.807) is 0 Å². The van der Waals surface area contributed by atoms with Gasteiger partial charge in [0.15, 0.2) is 0 Å². The van der Waals surface area contributed by atoms with Gasteiger partial charge in [-0.05, 0) is 31.1 Å². The lowest BCUT2D eigenvalue weighted by atomic mass is 9.79. The summed E-state index contributed by atoms with van der Waals surface area (Å²) in [5, 5.41) is 0. The van der Waals surface area contributed by atoms with Crippen molar-refractivity contribution in [2.24, 2.45) is 0 Å². The van der Waals surface area contributed by atoms with E-state index in [4.69, 9.17) is 13.6 Å². The van der Waals surface area contributed by atoms with Gasteiger partial charge in [-0.1, -0.05) is 155 Å². The Morgan fingerprint density at radius 1 is 0.634 bits per heavy atom. The average molecular weight is 583 g/mol. The van der Waals surface area contributed by atoms with Gasteiger partial charge in [0.05, 0.1) is 6.61 Å². The Labute approximate surface area is 254 Å². The van der Waals surface area contributed by atoms with Crippen LogP contribution in [0.5, 0.6) is 11.5 Å². The Morgan fingerprint density at radius 2 is 1.02 bits per heavy atom. The van der Waals surface area contributed by atoms with Crippen LogP contribution in [0.15, 0.2) is 24.3 Å². The Hall–Kier alpha value is -1.57. The first-order chi connectivity index (χ1) is 19.3. The summed E-state index contributed by atoms with van der Waals surface area (Å²) < 4.78 is 20.1. The van der Waals surface area contributed by atoms with Gasteiger partial charge >= 0.3 is 8.60 Å². The lowest BCUT2D eigenvalue weighted by molar-refractivity contribution is 0.253. The minimum atomic E-state index is -1.59. The highest BCUT2D eigenvalue weighted by Gasteiger charge is 2.35. The Kier molecular flexibility index (Phi) is 12.6. The van der Waals surface area contributed by atoms with E-state index in [9.17, 15) is 0 Å². The molecule has 230 valence electrons. The molecule has 1 heterocycles. The van der Waals surface area contributed by atoms with E-state index in [0.29, 0.717) is 6.61 Å². The Bertz CT molecular complexity index is 1040. The summed E-state index contributed by atoms with van der Waals surface area (Å²) in [6.45, 7) is 23.2. The number of hydrogen-bond donors (Lipinski definition) is 0. The van der Waals surface area contributed by atoms with Gasteiger partial charge in [-0.25, -0.2) is 0 Å². The van der Waals surface area contributed by atoms with Crippen molar-refractivity contribution in [3.8, 4) is 11.5 Å². The van der Waals surface area contributed by atoms with E-state index in [1.807, 2.05) is 0 Å². The van der Waals surface area contributed by atoms with E-state index < -0.39 is 8.60 Å². The molecule has 0 aromatic heterocycles. The van der Waals surface area contributed by atoms with Gasteiger partial charge in [0.2, 0.25) is 0 Å². The van der Waals surface area contributed by atoms with E-state index in [-0.39, 0.29) is 16.7 Å². The topological polar surface area (TPSA) is 27.7 Å². The zero-order chi connectivity index (χ0) is 30.2. The number of benzene rings is 2. The molecule has 3 rings (SSSR count). The van der Waals surface area contributed by atoms with Crippen LogP contribution < -0.4 is 9.05 Å². The first-order valence-electron chi connectivity index (χ1n) is 16.4. The summed E-state index contributed by atoms with van der Waals surface area (Å²) in [7, 11) is -1.59. The molecule has 0 radical (unpaired) electrons. The molecule has 0 saturated carbocycles. The van der Waals surface area contributed by atoms with E-state index >= 15 is 0 Å². The highest BCUT2D eigenvalue weighted by molar-refractivity contribution is 7.42. The maximum absolute atomic E-state index is 6.80. The predicted molar refractivity (Wildman–Crippen MR) is 178 cm³/mol. The van der Waals surface area contributed by atoms with Gasteiger partial charge < -0.3 is 9.05 Å². The van der Waals surface area contributed by atoms with E-state index in [1.165, 1.54) is 97.6 Å². The predicted octanol–water partition coefficient (Wildman–Crippen LogP) is 12.4. The van der Waals surface area contributed by atoms with Gasteiger partial charge in [0.1, 0.15) is 11.5 Å². The van der Waals surface area contributed by atoms with Crippen molar-refractivity contribution in [3.05, 3.63) is 57.6 Å². The molecule has 0 spiro atoms. The fraction of sp³-hybridized carbons (Fsp3) is 0.676. The Morgan fingerprint density at radius 3 is 1.41 bits per heavy atom. The molecule has 1 aliphatic heterocycles. The number of aryl methyl sites for hydroxylation is 2. The molecule has 0 amide bonds. The van der Waals surface area contributed by atoms with Crippen molar-refractivity contribution in [1.82, 2.24) is 0 Å². The van der Waals surface area contributed by atoms with Gasteiger partial charge in [-0.15, -0.1) is 0 Å². The number of unbranched alkanes of at least 4 members (excludes halogenated alkanes) is 10. The zero-order valence-corrected chi connectivity index (χ0v) is 28.9. The molecule has 0 bridgehead atoms. The number of fused-ring (bicyclic) bond motifs is 2. The van der Waals surface area contributed by atoms with Crippen molar-refractivity contribution in [2.75, 3.05) is 6.61 Å². The third-order valence-electron chi connectivity index (χ3n) is 8.35. The summed E-state index contributed by atoms with van der Waals surface area (Å²) in [4.78, 5) is 0. The van der Waals surface area contributed by atoms with Crippen LogP contribution in [0.3, 0.4) is 0 Å². The molecule has 0 saturated heterocycles.